The van der Waals surface area contributed by atoms with Gasteiger partial charge in [-0.15, -0.1) is 0 Å². The van der Waals surface area contributed by atoms with Crippen LogP contribution in [-0.4, -0.2) is 56.5 Å². The van der Waals surface area contributed by atoms with Gasteiger partial charge in [-0.25, -0.2) is 0 Å². The fourth-order valence-electron chi connectivity index (χ4n) is 2.09. The maximum Gasteiger partial charge on any atom is 0.411 e. The Morgan fingerprint density at radius 1 is 1.44 bits per heavy atom. The lowest BCUT2D eigenvalue weighted by Gasteiger charge is -2.36. The molecular formula is C12H23F3N2O. The second-order valence-corrected chi connectivity index (χ2v) is 4.91. The van der Waals surface area contributed by atoms with Crippen molar-refractivity contribution in [2.24, 2.45) is 5.92 Å². The second-order valence-electron chi connectivity index (χ2n) is 4.91. The Balaban J connectivity index is 2.18. The predicted octanol–water partition coefficient (Wildman–Crippen LogP) is 1.89. The van der Waals surface area contributed by atoms with Crippen LogP contribution in [0.25, 0.3) is 0 Å². The number of ether oxygens (including phenoxy) is 1. The van der Waals surface area contributed by atoms with E-state index in [1.165, 1.54) is 0 Å². The van der Waals surface area contributed by atoms with Gasteiger partial charge in [0.05, 0.1) is 6.61 Å². The number of halogens is 3. The van der Waals surface area contributed by atoms with Crippen LogP contribution in [0.15, 0.2) is 0 Å². The number of hydrogen-bond donors (Lipinski definition) is 1. The van der Waals surface area contributed by atoms with E-state index in [9.17, 15) is 13.2 Å². The highest BCUT2D eigenvalue weighted by molar-refractivity contribution is 4.81. The zero-order chi connectivity index (χ0) is 13.6. The average Bonchev–Trinajstić information content (AvgIpc) is 2.33. The predicted molar refractivity (Wildman–Crippen MR) is 64.6 cm³/mol. The highest BCUT2D eigenvalue weighted by atomic mass is 19.4. The van der Waals surface area contributed by atoms with Crippen LogP contribution in [0.2, 0.25) is 0 Å². The highest BCUT2D eigenvalue weighted by Crippen LogP contribution is 2.15. The van der Waals surface area contributed by atoms with Crippen molar-refractivity contribution in [2.75, 3.05) is 39.4 Å². The number of alkyl halides is 3. The van der Waals surface area contributed by atoms with Crippen molar-refractivity contribution < 1.29 is 17.9 Å². The molecule has 1 aliphatic heterocycles. The Kier molecular flexibility index (Phi) is 6.38. The van der Waals surface area contributed by atoms with Crippen molar-refractivity contribution in [2.45, 2.75) is 32.5 Å². The van der Waals surface area contributed by atoms with Crippen molar-refractivity contribution in [3.8, 4) is 0 Å². The molecule has 1 aliphatic rings. The molecule has 2 atom stereocenters. The summed E-state index contributed by atoms with van der Waals surface area (Å²) in [6, 6.07) is 0.436. The van der Waals surface area contributed by atoms with E-state index in [0.717, 1.165) is 26.1 Å². The molecular weight excluding hydrogens is 245 g/mol. The Morgan fingerprint density at radius 2 is 2.17 bits per heavy atom. The molecule has 0 saturated carbocycles. The van der Waals surface area contributed by atoms with Crippen LogP contribution in [0.1, 0.15) is 20.3 Å². The van der Waals surface area contributed by atoms with Crippen molar-refractivity contribution >= 4 is 0 Å². The minimum atomic E-state index is -4.22. The molecule has 3 nitrogen and oxygen atoms in total. The number of rotatable bonds is 6. The van der Waals surface area contributed by atoms with Crippen LogP contribution in [0.4, 0.5) is 13.2 Å². The molecule has 18 heavy (non-hydrogen) atoms. The van der Waals surface area contributed by atoms with E-state index in [4.69, 9.17) is 0 Å². The summed E-state index contributed by atoms with van der Waals surface area (Å²) < 4.78 is 40.3. The molecule has 0 bridgehead atoms. The fourth-order valence-corrected chi connectivity index (χ4v) is 2.09. The highest BCUT2D eigenvalue weighted by Gasteiger charge is 2.28. The quantitative estimate of drug-likeness (QED) is 0.744. The van der Waals surface area contributed by atoms with Crippen LogP contribution in [-0.2, 0) is 4.74 Å². The third-order valence-corrected chi connectivity index (χ3v) is 3.44. The summed E-state index contributed by atoms with van der Waals surface area (Å²) in [6.07, 6.45) is -3.11. The molecule has 1 saturated heterocycles. The lowest BCUT2D eigenvalue weighted by Crippen LogP contribution is -2.53. The molecule has 1 heterocycles. The average molecular weight is 268 g/mol. The standard InChI is InChI=1S/C12H23F3N2O/c1-3-10(2)11-8-17(5-4-16-11)6-7-18-9-12(13,14)15/h10-11,16H,3-9H2,1-2H3. The largest absolute Gasteiger partial charge is 0.411 e. The van der Waals surface area contributed by atoms with Gasteiger partial charge in [0.25, 0.3) is 0 Å². The summed E-state index contributed by atoms with van der Waals surface area (Å²) in [7, 11) is 0. The van der Waals surface area contributed by atoms with Crippen LogP contribution in [0, 0.1) is 5.92 Å². The summed E-state index contributed by atoms with van der Waals surface area (Å²) in [5, 5.41) is 3.45. The van der Waals surface area contributed by atoms with Crippen LogP contribution >= 0.6 is 0 Å². The fraction of sp³-hybridized carbons (Fsp3) is 1.00. The Hall–Kier alpha value is -0.330. The van der Waals surface area contributed by atoms with Crippen molar-refractivity contribution in [3.63, 3.8) is 0 Å². The molecule has 108 valence electrons. The molecule has 0 aromatic carbocycles. The molecule has 0 radical (unpaired) electrons. The Morgan fingerprint density at radius 3 is 2.78 bits per heavy atom. The normalized spacial score (nSPS) is 24.2. The first kappa shape index (κ1) is 15.7. The van der Waals surface area contributed by atoms with E-state index in [1.807, 2.05) is 0 Å². The van der Waals surface area contributed by atoms with Crippen molar-refractivity contribution in [3.05, 3.63) is 0 Å². The molecule has 0 amide bonds. The van der Waals surface area contributed by atoms with Crippen LogP contribution < -0.4 is 5.32 Å². The first-order valence-corrected chi connectivity index (χ1v) is 6.52. The van der Waals surface area contributed by atoms with Gasteiger partial charge >= 0.3 is 6.18 Å². The van der Waals surface area contributed by atoms with Gasteiger partial charge in [-0.3, -0.25) is 4.90 Å². The van der Waals surface area contributed by atoms with Crippen LogP contribution in [0.5, 0.6) is 0 Å². The maximum absolute atomic E-state index is 11.9. The van der Waals surface area contributed by atoms with Gasteiger partial charge in [0.1, 0.15) is 6.61 Å². The van der Waals surface area contributed by atoms with Crippen LogP contribution in [0.3, 0.4) is 0 Å². The molecule has 0 aliphatic carbocycles. The first-order chi connectivity index (χ1) is 8.42. The van der Waals surface area contributed by atoms with E-state index >= 15 is 0 Å². The molecule has 2 unspecified atom stereocenters. The van der Waals surface area contributed by atoms with Crippen molar-refractivity contribution in [1.29, 1.82) is 0 Å². The summed E-state index contributed by atoms with van der Waals surface area (Å²) >= 11 is 0. The summed E-state index contributed by atoms with van der Waals surface area (Å²) in [6.45, 7) is 6.59. The van der Waals surface area contributed by atoms with Gasteiger partial charge in [0.15, 0.2) is 0 Å². The molecule has 1 N–H and O–H groups in total. The van der Waals surface area contributed by atoms with Gasteiger partial charge in [-0.05, 0) is 5.92 Å². The zero-order valence-electron chi connectivity index (χ0n) is 11.1. The third kappa shape index (κ3) is 6.02. The maximum atomic E-state index is 11.9. The van der Waals surface area contributed by atoms with E-state index in [1.54, 1.807) is 0 Å². The van der Waals surface area contributed by atoms with Gasteiger partial charge in [0.2, 0.25) is 0 Å². The minimum absolute atomic E-state index is 0.146. The molecule has 6 heteroatoms. The summed E-state index contributed by atoms with van der Waals surface area (Å²) in [4.78, 5) is 2.17. The summed E-state index contributed by atoms with van der Waals surface area (Å²) in [5.74, 6) is 0.587. The topological polar surface area (TPSA) is 24.5 Å². The lowest BCUT2D eigenvalue weighted by molar-refractivity contribution is -0.174. The zero-order valence-corrected chi connectivity index (χ0v) is 11.1. The second kappa shape index (κ2) is 7.31. The Labute approximate surface area is 107 Å². The SMILES string of the molecule is CCC(C)C1CN(CCOCC(F)(F)F)CCN1. The monoisotopic (exact) mass is 268 g/mol. The van der Waals surface area contributed by atoms with E-state index in [0.29, 0.717) is 18.5 Å². The van der Waals surface area contributed by atoms with E-state index in [-0.39, 0.29) is 6.61 Å². The van der Waals surface area contributed by atoms with Gasteiger partial charge < -0.3 is 10.1 Å². The molecule has 0 spiro atoms. The van der Waals surface area contributed by atoms with E-state index in [2.05, 4.69) is 28.8 Å². The summed E-state index contributed by atoms with van der Waals surface area (Å²) in [5.41, 5.74) is 0. The number of nitrogens with zero attached hydrogens (tertiary/aromatic N) is 1. The van der Waals surface area contributed by atoms with Gasteiger partial charge in [0, 0.05) is 32.2 Å². The Bertz CT molecular complexity index is 236. The molecule has 1 rings (SSSR count). The van der Waals surface area contributed by atoms with E-state index < -0.39 is 12.8 Å². The van der Waals surface area contributed by atoms with Crippen molar-refractivity contribution in [1.82, 2.24) is 10.2 Å². The molecule has 0 aromatic rings. The van der Waals surface area contributed by atoms with Gasteiger partial charge in [-0.1, -0.05) is 20.3 Å². The molecule has 0 aromatic heterocycles. The molecule has 1 fully saturated rings. The third-order valence-electron chi connectivity index (χ3n) is 3.44. The minimum Gasteiger partial charge on any atom is -0.371 e. The first-order valence-electron chi connectivity index (χ1n) is 6.52. The number of hydrogen-bond acceptors (Lipinski definition) is 3. The number of piperazine rings is 1. The smallest absolute Gasteiger partial charge is 0.371 e. The number of nitrogens with one attached hydrogen (secondary N) is 1. The lowest BCUT2D eigenvalue weighted by atomic mass is 9.97. The van der Waals surface area contributed by atoms with Gasteiger partial charge in [-0.2, -0.15) is 13.2 Å².